The number of ether oxygens (including phenoxy) is 3. The molecular formula is C27H34N2O4. The minimum Gasteiger partial charge on any atom is -0.491 e. The topological polar surface area (TPSA) is 60.0 Å². The number of alkyl carbamates (subject to hydrolysis) is 1. The predicted octanol–water partition coefficient (Wildman–Crippen LogP) is 4.58. The zero-order chi connectivity index (χ0) is 22.6. The maximum atomic E-state index is 12.7. The Morgan fingerprint density at radius 1 is 1.03 bits per heavy atom. The van der Waals surface area contributed by atoms with Gasteiger partial charge in [0, 0.05) is 13.7 Å². The molecule has 1 N–H and O–H groups in total. The van der Waals surface area contributed by atoms with E-state index in [2.05, 4.69) is 40.5 Å². The Bertz CT molecular complexity index is 953. The normalized spacial score (nSPS) is 25.8. The molecule has 4 aliphatic rings. The Kier molecular flexibility index (Phi) is 6.83. The van der Waals surface area contributed by atoms with E-state index >= 15 is 0 Å². The molecule has 0 saturated carbocycles. The molecule has 3 aliphatic heterocycles. The Morgan fingerprint density at radius 2 is 1.82 bits per heavy atom. The zero-order valence-corrected chi connectivity index (χ0v) is 19.4. The Balaban J connectivity index is 1.22. The molecule has 2 aromatic carbocycles. The van der Waals surface area contributed by atoms with E-state index in [-0.39, 0.29) is 18.2 Å². The molecule has 33 heavy (non-hydrogen) atoms. The highest BCUT2D eigenvalue weighted by Gasteiger charge is 2.37. The van der Waals surface area contributed by atoms with Crippen LogP contribution in [0.4, 0.5) is 4.79 Å². The number of aryl methyl sites for hydroxylation is 1. The highest BCUT2D eigenvalue weighted by Crippen LogP contribution is 2.34. The van der Waals surface area contributed by atoms with E-state index in [1.165, 1.54) is 16.7 Å². The molecule has 6 heteroatoms. The monoisotopic (exact) mass is 450 g/mol. The Labute approximate surface area is 196 Å². The molecule has 0 radical (unpaired) electrons. The number of fused-ring (bicyclic) bond motifs is 4. The number of methoxy groups -OCH3 is 1. The van der Waals surface area contributed by atoms with Crippen LogP contribution in [-0.2, 0) is 15.9 Å². The van der Waals surface area contributed by atoms with E-state index in [1.807, 2.05) is 12.1 Å². The molecule has 3 heterocycles. The van der Waals surface area contributed by atoms with Gasteiger partial charge in [-0.3, -0.25) is 4.90 Å². The van der Waals surface area contributed by atoms with E-state index in [0.717, 1.165) is 63.1 Å². The number of hydrogen-bond acceptors (Lipinski definition) is 5. The SMILES string of the molecule is COCCOc1ccc(-c2ccc3c(c2)CCCC3NC(=O)O[C@H]2CN3CCC2CC3)cc1. The maximum absolute atomic E-state index is 12.7. The standard InChI is InChI=1S/C27H34N2O4/c1-31-15-16-32-23-8-5-19(6-9-23)21-7-10-24-22(17-21)3-2-4-25(24)28-27(30)33-26-18-29-13-11-20(26)12-14-29/h5-10,17,20,25-26H,2-4,11-16,18H2,1H3,(H,28,30)/t25?,26-/m0/s1. The van der Waals surface area contributed by atoms with Gasteiger partial charge in [-0.1, -0.05) is 30.3 Å². The summed E-state index contributed by atoms with van der Waals surface area (Å²) < 4.78 is 16.6. The largest absolute Gasteiger partial charge is 0.491 e. The van der Waals surface area contributed by atoms with Crippen LogP contribution in [0, 0.1) is 5.92 Å². The van der Waals surface area contributed by atoms with E-state index in [4.69, 9.17) is 14.2 Å². The molecule has 2 aromatic rings. The Morgan fingerprint density at radius 3 is 2.55 bits per heavy atom. The van der Waals surface area contributed by atoms with Crippen LogP contribution in [0.25, 0.3) is 11.1 Å². The number of carbonyl (C=O) groups excluding carboxylic acids is 1. The number of nitrogens with zero attached hydrogens (tertiary/aromatic N) is 1. The summed E-state index contributed by atoms with van der Waals surface area (Å²) >= 11 is 0. The van der Waals surface area contributed by atoms with Crippen LogP contribution in [0.1, 0.15) is 42.9 Å². The first-order valence-corrected chi connectivity index (χ1v) is 12.2. The highest BCUT2D eigenvalue weighted by atomic mass is 16.6. The molecule has 2 atom stereocenters. The molecule has 6 nitrogen and oxygen atoms in total. The van der Waals surface area contributed by atoms with Crippen molar-refractivity contribution in [2.75, 3.05) is 40.0 Å². The lowest BCUT2D eigenvalue weighted by Gasteiger charge is -2.44. The van der Waals surface area contributed by atoms with Crippen molar-refractivity contribution in [3.05, 3.63) is 53.6 Å². The summed E-state index contributed by atoms with van der Waals surface area (Å²) in [4.78, 5) is 15.1. The predicted molar refractivity (Wildman–Crippen MR) is 127 cm³/mol. The molecular weight excluding hydrogens is 416 g/mol. The van der Waals surface area contributed by atoms with Gasteiger partial charge in [-0.15, -0.1) is 0 Å². The van der Waals surface area contributed by atoms with Crippen molar-refractivity contribution in [2.45, 2.75) is 44.2 Å². The smallest absolute Gasteiger partial charge is 0.407 e. The number of hydrogen-bond donors (Lipinski definition) is 1. The van der Waals surface area contributed by atoms with Gasteiger partial charge in [0.1, 0.15) is 18.5 Å². The van der Waals surface area contributed by atoms with Gasteiger partial charge in [0.15, 0.2) is 0 Å². The van der Waals surface area contributed by atoms with Crippen molar-refractivity contribution >= 4 is 6.09 Å². The summed E-state index contributed by atoms with van der Waals surface area (Å²) in [7, 11) is 1.67. The third-order valence-corrected chi connectivity index (χ3v) is 7.35. The maximum Gasteiger partial charge on any atom is 0.407 e. The lowest BCUT2D eigenvalue weighted by molar-refractivity contribution is -0.0340. The Hall–Kier alpha value is -2.57. The van der Waals surface area contributed by atoms with Crippen LogP contribution in [0.5, 0.6) is 5.75 Å². The minimum absolute atomic E-state index is 0.0212. The van der Waals surface area contributed by atoms with Crippen molar-refractivity contribution in [3.8, 4) is 16.9 Å². The number of benzene rings is 2. The number of rotatable bonds is 7. The number of nitrogens with one attached hydrogen (secondary N) is 1. The van der Waals surface area contributed by atoms with Gasteiger partial charge in [-0.2, -0.15) is 0 Å². The van der Waals surface area contributed by atoms with E-state index in [9.17, 15) is 4.79 Å². The summed E-state index contributed by atoms with van der Waals surface area (Å²) in [6.45, 7) is 4.31. The average molecular weight is 451 g/mol. The van der Waals surface area contributed by atoms with Crippen molar-refractivity contribution in [1.82, 2.24) is 10.2 Å². The number of amides is 1. The second-order valence-electron chi connectivity index (χ2n) is 9.45. The van der Waals surface area contributed by atoms with Gasteiger partial charge in [0.2, 0.25) is 0 Å². The van der Waals surface area contributed by atoms with Crippen LogP contribution in [0.3, 0.4) is 0 Å². The van der Waals surface area contributed by atoms with E-state index < -0.39 is 0 Å². The summed E-state index contributed by atoms with van der Waals surface area (Å²) in [5.74, 6) is 1.37. The van der Waals surface area contributed by atoms with Crippen molar-refractivity contribution < 1.29 is 19.0 Å². The molecule has 3 saturated heterocycles. The molecule has 176 valence electrons. The van der Waals surface area contributed by atoms with E-state index in [0.29, 0.717) is 19.1 Å². The van der Waals surface area contributed by atoms with Crippen LogP contribution < -0.4 is 10.1 Å². The highest BCUT2D eigenvalue weighted by molar-refractivity contribution is 5.69. The van der Waals surface area contributed by atoms with Gasteiger partial charge in [0.25, 0.3) is 0 Å². The second kappa shape index (κ2) is 10.1. The van der Waals surface area contributed by atoms with E-state index in [1.54, 1.807) is 7.11 Å². The molecule has 2 bridgehead atoms. The molecule has 1 aliphatic carbocycles. The summed E-state index contributed by atoms with van der Waals surface area (Å²) in [6.07, 6.45) is 5.12. The number of carbonyl (C=O) groups is 1. The molecule has 1 amide bonds. The summed E-state index contributed by atoms with van der Waals surface area (Å²) in [5.41, 5.74) is 4.88. The van der Waals surface area contributed by atoms with Crippen molar-refractivity contribution in [2.24, 2.45) is 5.92 Å². The molecule has 6 rings (SSSR count). The fraction of sp³-hybridized carbons (Fsp3) is 0.519. The van der Waals surface area contributed by atoms with Crippen LogP contribution in [0.2, 0.25) is 0 Å². The van der Waals surface area contributed by atoms with Crippen LogP contribution in [0.15, 0.2) is 42.5 Å². The van der Waals surface area contributed by atoms with Gasteiger partial charge in [-0.25, -0.2) is 4.79 Å². The van der Waals surface area contributed by atoms with Crippen molar-refractivity contribution in [3.63, 3.8) is 0 Å². The van der Waals surface area contributed by atoms with Gasteiger partial charge in [0.05, 0.1) is 12.6 Å². The number of piperidine rings is 3. The summed E-state index contributed by atoms with van der Waals surface area (Å²) in [6, 6.07) is 14.8. The first kappa shape index (κ1) is 22.2. The van der Waals surface area contributed by atoms with Gasteiger partial charge in [-0.05, 0) is 85.5 Å². The first-order valence-electron chi connectivity index (χ1n) is 12.2. The lowest BCUT2D eigenvalue weighted by Crippen LogP contribution is -2.52. The third kappa shape index (κ3) is 5.17. The zero-order valence-electron chi connectivity index (χ0n) is 19.4. The van der Waals surface area contributed by atoms with Crippen LogP contribution >= 0.6 is 0 Å². The quantitative estimate of drug-likeness (QED) is 0.626. The third-order valence-electron chi connectivity index (χ3n) is 7.35. The lowest BCUT2D eigenvalue weighted by atomic mass is 9.85. The first-order chi connectivity index (χ1) is 16.2. The van der Waals surface area contributed by atoms with Gasteiger partial charge >= 0.3 is 6.09 Å². The van der Waals surface area contributed by atoms with Crippen LogP contribution in [-0.4, -0.2) is 57.1 Å². The van der Waals surface area contributed by atoms with Gasteiger partial charge < -0.3 is 19.5 Å². The summed E-state index contributed by atoms with van der Waals surface area (Å²) in [5, 5.41) is 3.17. The second-order valence-corrected chi connectivity index (χ2v) is 9.45. The van der Waals surface area contributed by atoms with Crippen molar-refractivity contribution in [1.29, 1.82) is 0 Å². The molecule has 0 spiro atoms. The molecule has 0 aromatic heterocycles. The molecule has 1 unspecified atom stereocenters. The fourth-order valence-electron chi connectivity index (χ4n) is 5.49. The fourth-order valence-corrected chi connectivity index (χ4v) is 5.49. The molecule has 3 fully saturated rings. The minimum atomic E-state index is -0.264. The average Bonchev–Trinajstić information content (AvgIpc) is 2.85.